The Labute approximate surface area is 130 Å². The lowest BCUT2D eigenvalue weighted by Crippen LogP contribution is -2.19. The minimum absolute atomic E-state index is 0.103. The fourth-order valence-corrected chi connectivity index (χ4v) is 3.03. The van der Waals surface area contributed by atoms with Gasteiger partial charge < -0.3 is 0 Å². The number of hydrogen-bond acceptors (Lipinski definition) is 4. The summed E-state index contributed by atoms with van der Waals surface area (Å²) in [6.07, 6.45) is 2.69. The molecule has 0 aliphatic carbocycles. The lowest BCUT2D eigenvalue weighted by Gasteiger charge is -2.24. The van der Waals surface area contributed by atoms with Gasteiger partial charge >= 0.3 is 0 Å². The first-order valence-corrected chi connectivity index (χ1v) is 8.51. The number of sulfonamides is 1. The van der Waals surface area contributed by atoms with E-state index < -0.39 is 10.0 Å². The Morgan fingerprint density at radius 3 is 2.32 bits per heavy atom. The molecule has 1 aliphatic rings. The topological polar surface area (TPSA) is 75.8 Å². The van der Waals surface area contributed by atoms with Crippen molar-refractivity contribution in [3.05, 3.63) is 59.7 Å². The van der Waals surface area contributed by atoms with Gasteiger partial charge in [-0.25, -0.2) is 13.6 Å². The van der Waals surface area contributed by atoms with Crippen LogP contribution in [0.5, 0.6) is 0 Å². The first-order valence-electron chi connectivity index (χ1n) is 6.96. The lowest BCUT2D eigenvalue weighted by molar-refractivity contribution is 0.598. The smallest absolute Gasteiger partial charge is 0.238 e. The van der Waals surface area contributed by atoms with E-state index in [4.69, 9.17) is 5.14 Å². The molecule has 1 unspecified atom stereocenters. The Hall–Kier alpha value is -2.18. The summed E-state index contributed by atoms with van der Waals surface area (Å²) in [5.41, 5.74) is 3.23. The fraction of sp³-hybridized carbons (Fsp3) is 0.188. The third kappa shape index (κ3) is 2.88. The standard InChI is InChI=1S/C16H17N3O2S/c1-12-2-4-13(5-3-12)16-10-11-18-19(16)14-6-8-15(9-7-14)22(17,20)21/h2-9,11,16H,10H2,1H3,(H2,17,20,21). The van der Waals surface area contributed by atoms with E-state index in [0.717, 1.165) is 12.1 Å². The van der Waals surface area contributed by atoms with Crippen LogP contribution in [0.25, 0.3) is 0 Å². The second-order valence-corrected chi connectivity index (χ2v) is 6.91. The highest BCUT2D eigenvalue weighted by Gasteiger charge is 2.24. The number of hydrazone groups is 1. The van der Waals surface area contributed by atoms with E-state index in [0.29, 0.717) is 0 Å². The van der Waals surface area contributed by atoms with Crippen molar-refractivity contribution in [2.24, 2.45) is 10.2 Å². The summed E-state index contributed by atoms with van der Waals surface area (Å²) in [6, 6.07) is 14.9. The molecule has 0 aromatic heterocycles. The van der Waals surface area contributed by atoms with E-state index in [1.165, 1.54) is 23.3 Å². The summed E-state index contributed by atoms with van der Waals surface area (Å²) in [5, 5.41) is 11.4. The minimum Gasteiger partial charge on any atom is -0.258 e. The highest BCUT2D eigenvalue weighted by atomic mass is 32.2. The molecule has 22 heavy (non-hydrogen) atoms. The van der Waals surface area contributed by atoms with Crippen LogP contribution in [-0.4, -0.2) is 14.6 Å². The Kier molecular flexibility index (Phi) is 3.72. The number of nitrogens with two attached hydrogens (primary N) is 1. The van der Waals surface area contributed by atoms with Gasteiger partial charge in [0.2, 0.25) is 10.0 Å². The number of anilines is 1. The zero-order chi connectivity index (χ0) is 15.7. The van der Waals surface area contributed by atoms with Gasteiger partial charge in [0.25, 0.3) is 0 Å². The van der Waals surface area contributed by atoms with Gasteiger partial charge in [0.15, 0.2) is 0 Å². The average molecular weight is 315 g/mol. The van der Waals surface area contributed by atoms with Crippen LogP contribution in [0.4, 0.5) is 5.69 Å². The van der Waals surface area contributed by atoms with Gasteiger partial charge in [0.05, 0.1) is 16.6 Å². The van der Waals surface area contributed by atoms with Crippen molar-refractivity contribution in [3.8, 4) is 0 Å². The van der Waals surface area contributed by atoms with Crippen molar-refractivity contribution in [2.75, 3.05) is 5.01 Å². The van der Waals surface area contributed by atoms with Gasteiger partial charge in [0.1, 0.15) is 0 Å². The number of aryl methyl sites for hydroxylation is 1. The van der Waals surface area contributed by atoms with Crippen LogP contribution in [0.3, 0.4) is 0 Å². The van der Waals surface area contributed by atoms with Crippen molar-refractivity contribution in [1.29, 1.82) is 0 Å². The van der Waals surface area contributed by atoms with Crippen LogP contribution < -0.4 is 10.1 Å². The molecule has 2 aromatic carbocycles. The highest BCUT2D eigenvalue weighted by molar-refractivity contribution is 7.89. The minimum atomic E-state index is -3.67. The van der Waals surface area contributed by atoms with E-state index in [1.807, 2.05) is 11.2 Å². The zero-order valence-electron chi connectivity index (χ0n) is 12.2. The molecule has 1 heterocycles. The summed E-state index contributed by atoms with van der Waals surface area (Å²) in [4.78, 5) is 0.103. The molecule has 114 valence electrons. The molecular formula is C16H17N3O2S. The third-order valence-corrected chi connectivity index (χ3v) is 4.65. The van der Waals surface area contributed by atoms with Gasteiger partial charge in [-0.15, -0.1) is 0 Å². The number of benzene rings is 2. The van der Waals surface area contributed by atoms with Crippen molar-refractivity contribution in [3.63, 3.8) is 0 Å². The molecule has 1 aliphatic heterocycles. The Balaban J connectivity index is 1.90. The fourth-order valence-electron chi connectivity index (χ4n) is 2.52. The summed E-state index contributed by atoms with van der Waals surface area (Å²) in [5.74, 6) is 0. The molecule has 0 amide bonds. The van der Waals surface area contributed by atoms with E-state index in [2.05, 4.69) is 36.3 Å². The first kappa shape index (κ1) is 14.7. The predicted octanol–water partition coefficient (Wildman–Crippen LogP) is 2.58. The second kappa shape index (κ2) is 5.55. The molecule has 0 radical (unpaired) electrons. The Morgan fingerprint density at radius 1 is 1.09 bits per heavy atom. The number of primary sulfonamides is 1. The lowest BCUT2D eigenvalue weighted by atomic mass is 10.0. The maximum absolute atomic E-state index is 11.3. The quantitative estimate of drug-likeness (QED) is 0.946. The van der Waals surface area contributed by atoms with Crippen molar-refractivity contribution in [2.45, 2.75) is 24.3 Å². The first-order chi connectivity index (χ1) is 10.4. The maximum atomic E-state index is 11.3. The number of nitrogens with zero attached hydrogens (tertiary/aromatic N) is 2. The van der Waals surface area contributed by atoms with Crippen molar-refractivity contribution in [1.82, 2.24) is 0 Å². The molecular weight excluding hydrogens is 298 g/mol. The van der Waals surface area contributed by atoms with Crippen LogP contribution in [0, 0.1) is 6.92 Å². The van der Waals surface area contributed by atoms with Crippen LogP contribution in [0.2, 0.25) is 0 Å². The molecule has 0 spiro atoms. The average Bonchev–Trinajstić information content (AvgIpc) is 2.97. The molecule has 5 nitrogen and oxygen atoms in total. The molecule has 0 bridgehead atoms. The van der Waals surface area contributed by atoms with Gasteiger partial charge in [-0.2, -0.15) is 5.10 Å². The van der Waals surface area contributed by atoms with Crippen LogP contribution >= 0.6 is 0 Å². The molecule has 2 aromatic rings. The largest absolute Gasteiger partial charge is 0.258 e. The third-order valence-electron chi connectivity index (χ3n) is 3.72. The summed E-state index contributed by atoms with van der Waals surface area (Å²) in [6.45, 7) is 2.05. The van der Waals surface area contributed by atoms with E-state index in [1.54, 1.807) is 12.1 Å². The second-order valence-electron chi connectivity index (χ2n) is 5.34. The van der Waals surface area contributed by atoms with Crippen molar-refractivity contribution < 1.29 is 8.42 Å². The van der Waals surface area contributed by atoms with Gasteiger partial charge in [-0.3, -0.25) is 5.01 Å². The van der Waals surface area contributed by atoms with Gasteiger partial charge in [-0.05, 0) is 36.8 Å². The summed E-state index contributed by atoms with van der Waals surface area (Å²) < 4.78 is 22.6. The summed E-state index contributed by atoms with van der Waals surface area (Å²) in [7, 11) is -3.67. The Morgan fingerprint density at radius 2 is 1.73 bits per heavy atom. The number of hydrogen-bond donors (Lipinski definition) is 1. The SMILES string of the molecule is Cc1ccc(C2CC=NN2c2ccc(S(N)(=O)=O)cc2)cc1. The Bertz CT molecular complexity index is 796. The van der Waals surface area contributed by atoms with Crippen LogP contribution in [0.1, 0.15) is 23.6 Å². The number of rotatable bonds is 3. The molecule has 0 fully saturated rings. The summed E-state index contributed by atoms with van der Waals surface area (Å²) >= 11 is 0. The molecule has 0 saturated heterocycles. The maximum Gasteiger partial charge on any atom is 0.238 e. The molecule has 2 N–H and O–H groups in total. The molecule has 1 atom stereocenters. The van der Waals surface area contributed by atoms with E-state index in [9.17, 15) is 8.42 Å². The van der Waals surface area contributed by atoms with Crippen molar-refractivity contribution >= 4 is 21.9 Å². The van der Waals surface area contributed by atoms with E-state index in [-0.39, 0.29) is 10.9 Å². The highest BCUT2D eigenvalue weighted by Crippen LogP contribution is 2.33. The van der Waals surface area contributed by atoms with Gasteiger partial charge in [-0.1, -0.05) is 29.8 Å². The van der Waals surface area contributed by atoms with E-state index >= 15 is 0 Å². The van der Waals surface area contributed by atoms with Crippen LogP contribution in [-0.2, 0) is 10.0 Å². The van der Waals surface area contributed by atoms with Gasteiger partial charge in [0, 0.05) is 12.6 Å². The molecule has 6 heteroatoms. The van der Waals surface area contributed by atoms with Crippen LogP contribution in [0.15, 0.2) is 58.5 Å². The monoisotopic (exact) mass is 315 g/mol. The molecule has 0 saturated carbocycles. The normalized spacial score (nSPS) is 17.9. The zero-order valence-corrected chi connectivity index (χ0v) is 13.0. The molecule has 3 rings (SSSR count). The predicted molar refractivity (Wildman–Crippen MR) is 87.3 cm³/mol.